The third-order valence-electron chi connectivity index (χ3n) is 9.32. The predicted octanol–water partition coefficient (Wildman–Crippen LogP) is 8.21. The smallest absolute Gasteiger partial charge is 0.121 e. The minimum Gasteiger partial charge on any atom is -0.395 e. The highest BCUT2D eigenvalue weighted by molar-refractivity contribution is 5.52. The molecular weight excluding hydrogens is 587 g/mol. The maximum absolute atomic E-state index is 11.0. The number of nitrogens with one attached hydrogen (secondary N) is 1. The van der Waals surface area contributed by atoms with Crippen molar-refractivity contribution in [3.8, 4) is 0 Å². The van der Waals surface area contributed by atoms with Crippen molar-refractivity contribution in [1.29, 1.82) is 0 Å². The highest BCUT2D eigenvalue weighted by atomic mass is 16.3. The number of imidazole rings is 1. The second-order valence-corrected chi connectivity index (χ2v) is 12.2. The lowest BCUT2D eigenvalue weighted by Crippen LogP contribution is -2.51. The van der Waals surface area contributed by atoms with Crippen LogP contribution in [0.1, 0.15) is 39.1 Å². The Morgan fingerprint density at radius 1 is 0.500 bits per heavy atom. The number of nitrogens with zero attached hydrogens (tertiary/aromatic N) is 2. The average molecular weight is 626 g/mol. The lowest BCUT2D eigenvalue weighted by molar-refractivity contribution is 0.220. The van der Waals surface area contributed by atoms with Gasteiger partial charge in [0.2, 0.25) is 0 Å². The van der Waals surface area contributed by atoms with Gasteiger partial charge in [0.05, 0.1) is 24.2 Å². The van der Waals surface area contributed by atoms with Gasteiger partial charge >= 0.3 is 0 Å². The van der Waals surface area contributed by atoms with Crippen molar-refractivity contribution in [3.05, 3.63) is 234 Å². The van der Waals surface area contributed by atoms with Crippen LogP contribution in [0, 0.1) is 0 Å². The minimum atomic E-state index is -0.707. The number of aromatic nitrogens is 2. The van der Waals surface area contributed by atoms with Crippen LogP contribution in [0.5, 0.6) is 0 Å². The number of aliphatic hydroxyl groups is 1. The highest BCUT2D eigenvalue weighted by Gasteiger charge is 2.40. The minimum absolute atomic E-state index is 0.0672. The maximum Gasteiger partial charge on any atom is 0.121 e. The second-order valence-electron chi connectivity index (χ2n) is 12.2. The predicted molar refractivity (Wildman–Crippen MR) is 194 cm³/mol. The topological polar surface area (TPSA) is 50.1 Å². The summed E-state index contributed by atoms with van der Waals surface area (Å²) >= 11 is 0. The van der Waals surface area contributed by atoms with Gasteiger partial charge in [0.15, 0.2) is 0 Å². The Balaban J connectivity index is 1.33. The summed E-state index contributed by atoms with van der Waals surface area (Å²) in [5.74, 6) is 0. The number of rotatable bonds is 12. The molecule has 0 aliphatic carbocycles. The number of benzene rings is 6. The molecule has 7 aromatic rings. The number of hydrogen-bond donors (Lipinski definition) is 2. The van der Waals surface area contributed by atoms with Gasteiger partial charge < -0.3 is 9.67 Å². The van der Waals surface area contributed by atoms with E-state index in [4.69, 9.17) is 4.98 Å². The summed E-state index contributed by atoms with van der Waals surface area (Å²) in [6.45, 7) is -0.0672. The SMILES string of the molecule is OCC(Cc1cn(C(c2ccccc2)(c2ccccc2)c2ccccc2)cn1)NC(c1ccccc1)(c1ccccc1)c1ccccc1. The maximum atomic E-state index is 11.0. The molecule has 1 atom stereocenters. The molecule has 0 aliphatic heterocycles. The van der Waals surface area contributed by atoms with E-state index < -0.39 is 11.1 Å². The molecule has 4 nitrogen and oxygen atoms in total. The van der Waals surface area contributed by atoms with E-state index in [1.54, 1.807) is 0 Å². The highest BCUT2D eigenvalue weighted by Crippen LogP contribution is 2.41. The molecule has 0 spiro atoms. The molecule has 7 rings (SSSR count). The number of aliphatic hydroxyl groups excluding tert-OH is 1. The third kappa shape index (κ3) is 5.77. The standard InChI is InChI=1S/C44H39N3O/c48-33-42(46-43(35-19-7-1-8-20-35,36-21-9-2-10-22-36)37-23-11-3-12-24-37)31-41-32-47(34-45-41)44(38-25-13-4-14-26-38,39-27-15-5-16-28-39)40-29-17-6-18-30-40/h1-30,32,34,42,46,48H,31,33H2. The molecule has 0 saturated heterocycles. The van der Waals surface area contributed by atoms with Crippen LogP contribution in [0.15, 0.2) is 195 Å². The van der Waals surface area contributed by atoms with Crippen molar-refractivity contribution in [2.75, 3.05) is 6.61 Å². The Morgan fingerprint density at radius 3 is 1.17 bits per heavy atom. The van der Waals surface area contributed by atoms with Crippen LogP contribution in [0.3, 0.4) is 0 Å². The van der Waals surface area contributed by atoms with Gasteiger partial charge in [-0.15, -0.1) is 0 Å². The van der Waals surface area contributed by atoms with Crippen molar-refractivity contribution in [2.24, 2.45) is 0 Å². The first-order valence-corrected chi connectivity index (χ1v) is 16.5. The van der Waals surface area contributed by atoms with Gasteiger partial charge in [-0.05, 0) is 33.4 Å². The van der Waals surface area contributed by atoms with Crippen molar-refractivity contribution >= 4 is 0 Å². The second kappa shape index (κ2) is 14.1. The zero-order valence-electron chi connectivity index (χ0n) is 26.8. The molecule has 1 unspecified atom stereocenters. The quantitative estimate of drug-likeness (QED) is 0.135. The molecule has 0 radical (unpaired) electrons. The van der Waals surface area contributed by atoms with E-state index in [-0.39, 0.29) is 12.6 Å². The van der Waals surface area contributed by atoms with E-state index in [2.05, 4.69) is 180 Å². The summed E-state index contributed by atoms with van der Waals surface area (Å²) in [5, 5.41) is 15.0. The molecule has 48 heavy (non-hydrogen) atoms. The van der Waals surface area contributed by atoms with Crippen molar-refractivity contribution in [3.63, 3.8) is 0 Å². The molecule has 4 heteroatoms. The Kier molecular flexibility index (Phi) is 9.10. The molecule has 1 aromatic heterocycles. The van der Waals surface area contributed by atoms with E-state index in [1.807, 2.05) is 24.5 Å². The van der Waals surface area contributed by atoms with Crippen molar-refractivity contribution in [2.45, 2.75) is 23.5 Å². The van der Waals surface area contributed by atoms with Gasteiger partial charge in [0.1, 0.15) is 5.54 Å². The summed E-state index contributed by atoms with van der Waals surface area (Å²) in [6.07, 6.45) is 4.61. The van der Waals surface area contributed by atoms with Crippen LogP contribution >= 0.6 is 0 Å². The molecule has 0 amide bonds. The van der Waals surface area contributed by atoms with Gasteiger partial charge in [-0.25, -0.2) is 4.98 Å². The normalized spacial score (nSPS) is 12.4. The van der Waals surface area contributed by atoms with Gasteiger partial charge in [-0.3, -0.25) is 5.32 Å². The van der Waals surface area contributed by atoms with Crippen LogP contribution in [0.4, 0.5) is 0 Å². The molecular formula is C44H39N3O. The van der Waals surface area contributed by atoms with Crippen LogP contribution in [0.25, 0.3) is 0 Å². The Labute approximate surface area is 283 Å². The summed E-state index contributed by atoms with van der Waals surface area (Å²) in [4.78, 5) is 5.01. The molecule has 236 valence electrons. The van der Waals surface area contributed by atoms with Gasteiger partial charge in [0, 0.05) is 18.7 Å². The fourth-order valence-electron chi connectivity index (χ4n) is 7.17. The van der Waals surface area contributed by atoms with E-state index >= 15 is 0 Å². The molecule has 2 N–H and O–H groups in total. The summed E-state index contributed by atoms with van der Waals surface area (Å²) < 4.78 is 2.23. The first-order valence-electron chi connectivity index (χ1n) is 16.5. The lowest BCUT2D eigenvalue weighted by atomic mass is 9.76. The summed E-state index contributed by atoms with van der Waals surface area (Å²) in [6, 6.07) is 63.0. The Hall–Kier alpha value is -5.55. The Morgan fingerprint density at radius 2 is 0.833 bits per heavy atom. The van der Waals surface area contributed by atoms with Gasteiger partial charge in [-0.2, -0.15) is 0 Å². The first kappa shape index (κ1) is 31.1. The summed E-state index contributed by atoms with van der Waals surface area (Å²) in [5.41, 5.74) is 6.24. The van der Waals surface area contributed by atoms with Crippen molar-refractivity contribution in [1.82, 2.24) is 14.9 Å². The molecule has 0 aliphatic rings. The lowest BCUT2D eigenvalue weighted by Gasteiger charge is -2.40. The Bertz CT molecular complexity index is 1800. The van der Waals surface area contributed by atoms with E-state index in [0.717, 1.165) is 39.1 Å². The van der Waals surface area contributed by atoms with Crippen LogP contribution in [-0.2, 0) is 17.5 Å². The van der Waals surface area contributed by atoms with Crippen molar-refractivity contribution < 1.29 is 5.11 Å². The van der Waals surface area contributed by atoms with E-state index in [1.165, 1.54) is 0 Å². The monoisotopic (exact) mass is 625 g/mol. The third-order valence-corrected chi connectivity index (χ3v) is 9.32. The zero-order valence-corrected chi connectivity index (χ0v) is 26.8. The average Bonchev–Trinajstić information content (AvgIpc) is 3.64. The number of hydrogen-bond acceptors (Lipinski definition) is 3. The fraction of sp³-hybridized carbons (Fsp3) is 0.114. The zero-order chi connectivity index (χ0) is 32.7. The molecule has 1 heterocycles. The molecule has 6 aromatic carbocycles. The molecule has 0 bridgehead atoms. The molecule has 0 fully saturated rings. The largest absolute Gasteiger partial charge is 0.395 e. The van der Waals surface area contributed by atoms with Crippen LogP contribution in [0.2, 0.25) is 0 Å². The van der Waals surface area contributed by atoms with Crippen LogP contribution in [-0.4, -0.2) is 27.3 Å². The van der Waals surface area contributed by atoms with E-state index in [9.17, 15) is 5.11 Å². The summed E-state index contributed by atoms with van der Waals surface area (Å²) in [7, 11) is 0. The fourth-order valence-corrected chi connectivity index (χ4v) is 7.17. The van der Waals surface area contributed by atoms with Gasteiger partial charge in [-0.1, -0.05) is 182 Å². The first-order chi connectivity index (χ1) is 23.7. The van der Waals surface area contributed by atoms with Crippen LogP contribution < -0.4 is 5.32 Å². The molecule has 0 saturated carbocycles. The van der Waals surface area contributed by atoms with E-state index in [0.29, 0.717) is 6.42 Å². The van der Waals surface area contributed by atoms with Gasteiger partial charge in [0.25, 0.3) is 0 Å².